The zero-order valence-electron chi connectivity index (χ0n) is 9.63. The number of hydrogen-bond donors (Lipinski definition) is 2. The Morgan fingerprint density at radius 3 is 2.62 bits per heavy atom. The topological polar surface area (TPSA) is 24.1 Å². The van der Waals surface area contributed by atoms with Gasteiger partial charge in [-0.1, -0.05) is 0 Å². The molecule has 1 aliphatic carbocycles. The van der Waals surface area contributed by atoms with Gasteiger partial charge >= 0.3 is 0 Å². The molecule has 0 atom stereocenters. The van der Waals surface area contributed by atoms with Crippen LogP contribution in [-0.4, -0.2) is 19.6 Å². The summed E-state index contributed by atoms with van der Waals surface area (Å²) in [6.45, 7) is 1.13. The lowest BCUT2D eigenvalue weighted by atomic mass is 9.86. The summed E-state index contributed by atoms with van der Waals surface area (Å²) in [4.78, 5) is 0. The molecular weight excluding hydrogens is 284 g/mol. The first-order chi connectivity index (χ1) is 7.78. The lowest BCUT2D eigenvalue weighted by molar-refractivity contribution is 0.312. The van der Waals surface area contributed by atoms with Gasteiger partial charge in [-0.05, 0) is 66.7 Å². The van der Waals surface area contributed by atoms with E-state index in [9.17, 15) is 0 Å². The van der Waals surface area contributed by atoms with Crippen LogP contribution in [0.4, 0.5) is 5.00 Å². The van der Waals surface area contributed by atoms with Crippen molar-refractivity contribution in [2.75, 3.05) is 18.9 Å². The smallest absolute Gasteiger partial charge is 0.0894 e. The largest absolute Gasteiger partial charge is 0.377 e. The van der Waals surface area contributed by atoms with Gasteiger partial charge in [-0.15, -0.1) is 11.3 Å². The lowest BCUT2D eigenvalue weighted by Crippen LogP contribution is -2.32. The van der Waals surface area contributed by atoms with Crippen molar-refractivity contribution in [2.45, 2.75) is 31.7 Å². The summed E-state index contributed by atoms with van der Waals surface area (Å²) in [5.41, 5.74) is 0. The molecule has 2 rings (SSSR count). The second-order valence-electron chi connectivity index (χ2n) is 4.49. The van der Waals surface area contributed by atoms with Gasteiger partial charge in [0.05, 0.1) is 8.79 Å². The molecule has 0 amide bonds. The molecule has 0 aliphatic heterocycles. The van der Waals surface area contributed by atoms with E-state index in [1.165, 1.54) is 34.5 Å². The summed E-state index contributed by atoms with van der Waals surface area (Å²) < 4.78 is 1.20. The highest BCUT2D eigenvalue weighted by molar-refractivity contribution is 9.11. The predicted octanol–water partition coefficient (Wildman–Crippen LogP) is 3.70. The molecule has 1 aromatic heterocycles. The number of rotatable bonds is 4. The van der Waals surface area contributed by atoms with Crippen LogP contribution in [0, 0.1) is 5.92 Å². The van der Waals surface area contributed by atoms with E-state index in [2.05, 4.69) is 45.7 Å². The van der Waals surface area contributed by atoms with Crippen molar-refractivity contribution in [1.82, 2.24) is 5.32 Å². The number of hydrogen-bond acceptors (Lipinski definition) is 3. The molecule has 90 valence electrons. The molecule has 1 heterocycles. The Bertz CT molecular complexity index is 319. The average molecular weight is 303 g/mol. The Morgan fingerprint density at radius 1 is 1.31 bits per heavy atom. The van der Waals surface area contributed by atoms with Gasteiger partial charge in [-0.25, -0.2) is 0 Å². The summed E-state index contributed by atoms with van der Waals surface area (Å²) in [6.07, 6.45) is 5.37. The summed E-state index contributed by atoms with van der Waals surface area (Å²) in [6, 6.07) is 5.01. The summed E-state index contributed by atoms with van der Waals surface area (Å²) in [5, 5.41) is 8.19. The lowest BCUT2D eigenvalue weighted by Gasteiger charge is -2.28. The summed E-state index contributed by atoms with van der Waals surface area (Å²) in [5.74, 6) is 0.852. The van der Waals surface area contributed by atoms with E-state index in [0.717, 1.165) is 18.5 Å². The zero-order valence-corrected chi connectivity index (χ0v) is 12.0. The standard InChI is InChI=1S/C12H19BrN2S/c1-14-10-4-2-9(3-5-10)8-15-12-7-6-11(13)16-12/h6-7,9-10,14-15H,2-5,8H2,1H3. The van der Waals surface area contributed by atoms with Gasteiger partial charge < -0.3 is 10.6 Å². The number of halogens is 1. The van der Waals surface area contributed by atoms with Gasteiger partial charge in [0.25, 0.3) is 0 Å². The Labute approximate surface area is 110 Å². The van der Waals surface area contributed by atoms with Crippen LogP contribution in [0.1, 0.15) is 25.7 Å². The van der Waals surface area contributed by atoms with Crippen molar-refractivity contribution < 1.29 is 0 Å². The van der Waals surface area contributed by atoms with Crippen LogP contribution in [0.25, 0.3) is 0 Å². The first-order valence-electron chi connectivity index (χ1n) is 5.94. The second-order valence-corrected chi connectivity index (χ2v) is 6.95. The molecule has 1 aliphatic rings. The molecule has 4 heteroatoms. The molecular formula is C12H19BrN2S. The minimum absolute atomic E-state index is 0.757. The fraction of sp³-hybridized carbons (Fsp3) is 0.667. The maximum Gasteiger partial charge on any atom is 0.0894 e. The highest BCUT2D eigenvalue weighted by Crippen LogP contribution is 2.28. The molecule has 0 radical (unpaired) electrons. The van der Waals surface area contributed by atoms with E-state index in [1.807, 2.05) is 0 Å². The van der Waals surface area contributed by atoms with Crippen molar-refractivity contribution in [1.29, 1.82) is 0 Å². The molecule has 0 spiro atoms. The van der Waals surface area contributed by atoms with Crippen LogP contribution in [-0.2, 0) is 0 Å². The molecule has 1 fully saturated rings. The molecule has 2 N–H and O–H groups in total. The quantitative estimate of drug-likeness (QED) is 0.886. The maximum absolute atomic E-state index is 3.54. The first-order valence-corrected chi connectivity index (χ1v) is 7.55. The van der Waals surface area contributed by atoms with Crippen LogP contribution in [0.3, 0.4) is 0 Å². The highest BCUT2D eigenvalue weighted by Gasteiger charge is 2.19. The summed E-state index contributed by atoms with van der Waals surface area (Å²) >= 11 is 5.26. The van der Waals surface area contributed by atoms with Gasteiger partial charge in [0, 0.05) is 12.6 Å². The zero-order chi connectivity index (χ0) is 11.4. The van der Waals surface area contributed by atoms with Crippen molar-refractivity contribution in [3.63, 3.8) is 0 Å². The third-order valence-corrected chi connectivity index (χ3v) is 4.97. The van der Waals surface area contributed by atoms with Crippen LogP contribution in [0.15, 0.2) is 15.9 Å². The number of thiophene rings is 1. The molecule has 16 heavy (non-hydrogen) atoms. The minimum atomic E-state index is 0.757. The van der Waals surface area contributed by atoms with Gasteiger partial charge in [0.15, 0.2) is 0 Å². The fourth-order valence-electron chi connectivity index (χ4n) is 2.31. The van der Waals surface area contributed by atoms with E-state index in [-0.39, 0.29) is 0 Å². The fourth-order valence-corrected chi connectivity index (χ4v) is 3.60. The van der Waals surface area contributed by atoms with E-state index < -0.39 is 0 Å². The third kappa shape index (κ3) is 3.47. The predicted molar refractivity (Wildman–Crippen MR) is 75.3 cm³/mol. The molecule has 1 aromatic rings. The number of anilines is 1. The second kappa shape index (κ2) is 6.03. The Hall–Kier alpha value is -0.0600. The SMILES string of the molecule is CNC1CCC(CNc2ccc(Br)s2)CC1. The van der Waals surface area contributed by atoms with Crippen molar-refractivity contribution in [2.24, 2.45) is 5.92 Å². The van der Waals surface area contributed by atoms with Crippen molar-refractivity contribution in [3.8, 4) is 0 Å². The molecule has 0 saturated heterocycles. The van der Waals surface area contributed by atoms with Gasteiger partial charge in [-0.3, -0.25) is 0 Å². The van der Waals surface area contributed by atoms with Gasteiger partial charge in [-0.2, -0.15) is 0 Å². The highest BCUT2D eigenvalue weighted by atomic mass is 79.9. The van der Waals surface area contributed by atoms with Gasteiger partial charge in [0.2, 0.25) is 0 Å². The van der Waals surface area contributed by atoms with E-state index in [4.69, 9.17) is 0 Å². The van der Waals surface area contributed by atoms with Crippen LogP contribution in [0.2, 0.25) is 0 Å². The Morgan fingerprint density at radius 2 is 2.06 bits per heavy atom. The maximum atomic E-state index is 3.54. The van der Waals surface area contributed by atoms with E-state index >= 15 is 0 Å². The molecule has 0 aromatic carbocycles. The molecule has 0 unspecified atom stereocenters. The van der Waals surface area contributed by atoms with Crippen molar-refractivity contribution >= 4 is 32.3 Å². The summed E-state index contributed by atoms with van der Waals surface area (Å²) in [7, 11) is 2.08. The molecule has 0 bridgehead atoms. The van der Waals surface area contributed by atoms with Gasteiger partial charge in [0.1, 0.15) is 0 Å². The van der Waals surface area contributed by atoms with Crippen LogP contribution in [0.5, 0.6) is 0 Å². The molecule has 2 nitrogen and oxygen atoms in total. The third-order valence-electron chi connectivity index (χ3n) is 3.39. The van der Waals surface area contributed by atoms with Crippen LogP contribution >= 0.6 is 27.3 Å². The van der Waals surface area contributed by atoms with Crippen LogP contribution < -0.4 is 10.6 Å². The van der Waals surface area contributed by atoms with E-state index in [1.54, 1.807) is 11.3 Å². The Balaban J connectivity index is 1.71. The monoisotopic (exact) mass is 302 g/mol. The van der Waals surface area contributed by atoms with E-state index in [0.29, 0.717) is 0 Å². The first kappa shape index (κ1) is 12.4. The average Bonchev–Trinajstić information content (AvgIpc) is 2.73. The minimum Gasteiger partial charge on any atom is -0.377 e. The molecule has 1 saturated carbocycles. The normalized spacial score (nSPS) is 25.6. The number of nitrogens with one attached hydrogen (secondary N) is 2. The Kier molecular flexibility index (Phi) is 4.67. The van der Waals surface area contributed by atoms with Crippen molar-refractivity contribution in [3.05, 3.63) is 15.9 Å².